The number of hydrogen-bond acceptors (Lipinski definition) is 5. The van der Waals surface area contributed by atoms with E-state index in [1.165, 1.54) is 30.0 Å². The van der Waals surface area contributed by atoms with E-state index >= 15 is 0 Å². The van der Waals surface area contributed by atoms with Crippen molar-refractivity contribution in [3.63, 3.8) is 0 Å². The van der Waals surface area contributed by atoms with Crippen LogP contribution in [-0.4, -0.2) is 55.0 Å². The number of amides is 1. The summed E-state index contributed by atoms with van der Waals surface area (Å²) in [6.07, 6.45) is 8.66. The second-order valence-electron chi connectivity index (χ2n) is 7.73. The summed E-state index contributed by atoms with van der Waals surface area (Å²) in [7, 11) is -3.35. The van der Waals surface area contributed by atoms with Gasteiger partial charge in [0.25, 0.3) is 0 Å². The van der Waals surface area contributed by atoms with Gasteiger partial charge in [-0.1, -0.05) is 25.8 Å². The van der Waals surface area contributed by atoms with Crippen molar-refractivity contribution < 1.29 is 13.2 Å². The molecule has 2 fully saturated rings. The summed E-state index contributed by atoms with van der Waals surface area (Å²) < 4.78 is 26.1. The van der Waals surface area contributed by atoms with E-state index in [2.05, 4.69) is 15.2 Å². The number of aromatic nitrogens is 1. The summed E-state index contributed by atoms with van der Waals surface area (Å²) in [4.78, 5) is 19.5. The van der Waals surface area contributed by atoms with Gasteiger partial charge < -0.3 is 10.2 Å². The van der Waals surface area contributed by atoms with E-state index < -0.39 is 16.1 Å². The van der Waals surface area contributed by atoms with Crippen LogP contribution in [0.15, 0.2) is 18.3 Å². The molecule has 0 radical (unpaired) electrons. The van der Waals surface area contributed by atoms with Crippen molar-refractivity contribution in [3.05, 3.63) is 23.9 Å². The van der Waals surface area contributed by atoms with Gasteiger partial charge in [0.15, 0.2) is 0 Å². The van der Waals surface area contributed by atoms with Gasteiger partial charge in [-0.2, -0.15) is 4.31 Å². The predicted octanol–water partition coefficient (Wildman–Crippen LogP) is 2.28. The summed E-state index contributed by atoms with van der Waals surface area (Å²) >= 11 is 0. The van der Waals surface area contributed by atoms with Crippen LogP contribution in [0.1, 0.15) is 57.4 Å². The SMILES string of the molecule is CCCS(=O)(=O)N1CCCC1C(=O)NCc1ccc(N2CCCCCC2)nc1. The molecule has 1 unspecified atom stereocenters. The second kappa shape index (κ2) is 9.69. The maximum Gasteiger partial charge on any atom is 0.238 e. The minimum Gasteiger partial charge on any atom is -0.357 e. The fourth-order valence-electron chi connectivity index (χ4n) is 4.03. The summed E-state index contributed by atoms with van der Waals surface area (Å²) in [6, 6.07) is 3.43. The van der Waals surface area contributed by atoms with Gasteiger partial charge in [0.2, 0.25) is 15.9 Å². The molecule has 0 spiro atoms. The van der Waals surface area contributed by atoms with Crippen LogP contribution in [0.3, 0.4) is 0 Å². The zero-order chi connectivity index (χ0) is 20.0. The third-order valence-corrected chi connectivity index (χ3v) is 7.61. The van der Waals surface area contributed by atoms with Gasteiger partial charge in [0.05, 0.1) is 5.75 Å². The normalized spacial score (nSPS) is 21.5. The van der Waals surface area contributed by atoms with E-state index in [-0.39, 0.29) is 11.7 Å². The lowest BCUT2D eigenvalue weighted by Crippen LogP contribution is -2.46. The van der Waals surface area contributed by atoms with E-state index in [4.69, 9.17) is 0 Å². The molecule has 0 bridgehead atoms. The lowest BCUT2D eigenvalue weighted by molar-refractivity contribution is -0.124. The molecule has 1 amide bonds. The van der Waals surface area contributed by atoms with Crippen molar-refractivity contribution in [1.82, 2.24) is 14.6 Å². The monoisotopic (exact) mass is 408 g/mol. The third kappa shape index (κ3) is 5.23. The maximum absolute atomic E-state index is 12.6. The van der Waals surface area contributed by atoms with Crippen molar-refractivity contribution in [3.8, 4) is 0 Å². The number of sulfonamides is 1. The van der Waals surface area contributed by atoms with Crippen LogP contribution < -0.4 is 10.2 Å². The molecule has 7 nitrogen and oxygen atoms in total. The molecular formula is C20H32N4O3S. The molecule has 2 aliphatic rings. The Balaban J connectivity index is 1.55. The minimum absolute atomic E-state index is 0.0959. The number of carbonyl (C=O) groups is 1. The summed E-state index contributed by atoms with van der Waals surface area (Å²) in [5.74, 6) is 0.872. The Labute approximate surface area is 168 Å². The number of hydrogen-bond donors (Lipinski definition) is 1. The van der Waals surface area contributed by atoms with Crippen LogP contribution in [0.5, 0.6) is 0 Å². The number of carbonyl (C=O) groups excluding carboxylic acids is 1. The molecule has 156 valence electrons. The molecule has 1 aromatic rings. The molecule has 2 saturated heterocycles. The van der Waals surface area contributed by atoms with E-state index in [9.17, 15) is 13.2 Å². The lowest BCUT2D eigenvalue weighted by atomic mass is 10.2. The Kier molecular flexibility index (Phi) is 7.29. The molecule has 0 aliphatic carbocycles. The maximum atomic E-state index is 12.6. The number of nitrogens with one attached hydrogen (secondary N) is 1. The highest BCUT2D eigenvalue weighted by Gasteiger charge is 2.37. The predicted molar refractivity (Wildman–Crippen MR) is 111 cm³/mol. The number of nitrogens with zero attached hydrogens (tertiary/aromatic N) is 3. The van der Waals surface area contributed by atoms with E-state index in [1.54, 1.807) is 6.20 Å². The molecule has 0 saturated carbocycles. The Morgan fingerprint density at radius 1 is 1.14 bits per heavy atom. The van der Waals surface area contributed by atoms with E-state index in [0.29, 0.717) is 25.9 Å². The van der Waals surface area contributed by atoms with Crippen molar-refractivity contribution in [2.45, 2.75) is 64.5 Å². The first kappa shape index (κ1) is 21.0. The zero-order valence-electron chi connectivity index (χ0n) is 16.8. The quantitative estimate of drug-likeness (QED) is 0.748. The molecule has 8 heteroatoms. The van der Waals surface area contributed by atoms with Crippen LogP contribution >= 0.6 is 0 Å². The van der Waals surface area contributed by atoms with Gasteiger partial charge in [-0.05, 0) is 43.7 Å². The molecule has 1 atom stereocenters. The number of pyridine rings is 1. The second-order valence-corrected chi connectivity index (χ2v) is 9.77. The molecule has 1 aromatic heterocycles. The third-order valence-electron chi connectivity index (χ3n) is 5.53. The number of anilines is 1. The molecule has 0 aromatic carbocycles. The highest BCUT2D eigenvalue weighted by atomic mass is 32.2. The number of rotatable bonds is 7. The van der Waals surface area contributed by atoms with E-state index in [1.807, 2.05) is 19.1 Å². The van der Waals surface area contributed by atoms with Crippen LogP contribution in [0.4, 0.5) is 5.82 Å². The molecule has 3 rings (SSSR count). The van der Waals surface area contributed by atoms with Crippen molar-refractivity contribution in [2.24, 2.45) is 0 Å². The Morgan fingerprint density at radius 2 is 1.89 bits per heavy atom. The molecule has 1 N–H and O–H groups in total. The zero-order valence-corrected chi connectivity index (χ0v) is 17.6. The average Bonchev–Trinajstić information content (AvgIpc) is 3.04. The summed E-state index contributed by atoms with van der Waals surface area (Å²) in [5.41, 5.74) is 0.924. The van der Waals surface area contributed by atoms with Crippen molar-refractivity contribution in [2.75, 3.05) is 30.3 Å². The highest BCUT2D eigenvalue weighted by Crippen LogP contribution is 2.22. The fraction of sp³-hybridized carbons (Fsp3) is 0.700. The molecular weight excluding hydrogens is 376 g/mol. The first-order chi connectivity index (χ1) is 13.5. The first-order valence-corrected chi connectivity index (χ1v) is 12.1. The van der Waals surface area contributed by atoms with Gasteiger partial charge in [-0.15, -0.1) is 0 Å². The van der Waals surface area contributed by atoms with Gasteiger partial charge in [-0.3, -0.25) is 4.79 Å². The standard InChI is InChI=1S/C20H32N4O3S/c1-2-14-28(26,27)24-13-7-8-18(24)20(25)22-16-17-9-10-19(21-15-17)23-11-5-3-4-6-12-23/h9-10,15,18H,2-8,11-14,16H2,1H3,(H,22,25). The van der Waals surface area contributed by atoms with Crippen LogP contribution in [-0.2, 0) is 21.4 Å². The Hall–Kier alpha value is -1.67. The molecule has 28 heavy (non-hydrogen) atoms. The van der Waals surface area contributed by atoms with Crippen LogP contribution in [0.2, 0.25) is 0 Å². The Morgan fingerprint density at radius 3 is 2.54 bits per heavy atom. The minimum atomic E-state index is -3.35. The summed E-state index contributed by atoms with van der Waals surface area (Å²) in [6.45, 7) is 4.74. The molecule has 3 heterocycles. The average molecular weight is 409 g/mol. The fourth-order valence-corrected chi connectivity index (χ4v) is 5.77. The first-order valence-electron chi connectivity index (χ1n) is 10.5. The van der Waals surface area contributed by atoms with Gasteiger partial charge >= 0.3 is 0 Å². The van der Waals surface area contributed by atoms with E-state index in [0.717, 1.165) is 30.9 Å². The largest absolute Gasteiger partial charge is 0.357 e. The summed E-state index contributed by atoms with van der Waals surface area (Å²) in [5, 5.41) is 2.90. The smallest absolute Gasteiger partial charge is 0.238 e. The highest BCUT2D eigenvalue weighted by molar-refractivity contribution is 7.89. The van der Waals surface area contributed by atoms with Crippen molar-refractivity contribution in [1.29, 1.82) is 0 Å². The topological polar surface area (TPSA) is 82.6 Å². The molecule has 2 aliphatic heterocycles. The Bertz CT molecular complexity index is 743. The van der Waals surface area contributed by atoms with Crippen molar-refractivity contribution >= 4 is 21.7 Å². The van der Waals surface area contributed by atoms with Crippen LogP contribution in [0.25, 0.3) is 0 Å². The van der Waals surface area contributed by atoms with Crippen LogP contribution in [0, 0.1) is 0 Å². The van der Waals surface area contributed by atoms with Gasteiger partial charge in [-0.25, -0.2) is 13.4 Å². The van der Waals surface area contributed by atoms with Gasteiger partial charge in [0.1, 0.15) is 11.9 Å². The lowest BCUT2D eigenvalue weighted by Gasteiger charge is -2.23. The van der Waals surface area contributed by atoms with Gasteiger partial charge in [0, 0.05) is 32.4 Å².